The number of aromatic nitrogens is 3. The molecule has 5 nitrogen and oxygen atoms in total. The molecule has 0 spiro atoms. The fraction of sp³-hybridized carbons (Fsp3) is 0.200. The van der Waals surface area contributed by atoms with Crippen molar-refractivity contribution < 1.29 is 22.8 Å². The minimum Gasteiger partial charge on any atom is -0.294 e. The summed E-state index contributed by atoms with van der Waals surface area (Å²) in [6.07, 6.45) is -0.968. The van der Waals surface area contributed by atoms with Crippen molar-refractivity contribution >= 4 is 17.1 Å². The Kier molecular flexibility index (Phi) is 2.85. The molecule has 0 atom stereocenters. The highest BCUT2D eigenvalue weighted by Crippen LogP contribution is 2.20. The van der Waals surface area contributed by atoms with Gasteiger partial charge >= 0.3 is 6.18 Å². The smallest absolute Gasteiger partial charge is 0.294 e. The summed E-state index contributed by atoms with van der Waals surface area (Å²) in [7, 11) is 0. The van der Waals surface area contributed by atoms with Crippen LogP contribution in [0.3, 0.4) is 0 Å². The maximum absolute atomic E-state index is 12.0. The predicted molar refractivity (Wildman–Crippen MR) is 53.0 cm³/mol. The lowest BCUT2D eigenvalue weighted by atomic mass is 10.1. The molecule has 0 aliphatic carbocycles. The standard InChI is InChI=1S/C10H6F3N3O2/c11-10(12,13)9(18)3-8(17)6-4-15-16-2-1-14-5-7(6)16/h1-2,4-5H,3H2. The zero-order valence-electron chi connectivity index (χ0n) is 8.81. The van der Waals surface area contributed by atoms with Gasteiger partial charge in [0.25, 0.3) is 0 Å². The van der Waals surface area contributed by atoms with Gasteiger partial charge in [-0.25, -0.2) is 4.52 Å². The molecule has 2 aromatic rings. The summed E-state index contributed by atoms with van der Waals surface area (Å²) in [4.78, 5) is 26.0. The number of halogens is 3. The zero-order valence-corrected chi connectivity index (χ0v) is 8.81. The van der Waals surface area contributed by atoms with Crippen LogP contribution in [-0.4, -0.2) is 32.3 Å². The number of nitrogens with zero attached hydrogens (tertiary/aromatic N) is 3. The summed E-state index contributed by atoms with van der Waals surface area (Å²) in [6, 6.07) is 0. The number of hydrogen-bond acceptors (Lipinski definition) is 4. The number of carbonyl (C=O) groups excluding carboxylic acids is 2. The van der Waals surface area contributed by atoms with Crippen LogP contribution in [0.1, 0.15) is 16.8 Å². The highest BCUT2D eigenvalue weighted by Gasteiger charge is 2.39. The fourth-order valence-electron chi connectivity index (χ4n) is 1.39. The minimum absolute atomic E-state index is 0.0549. The second-order valence-electron chi connectivity index (χ2n) is 3.49. The first kappa shape index (κ1) is 12.2. The summed E-state index contributed by atoms with van der Waals surface area (Å²) < 4.78 is 37.4. The van der Waals surface area contributed by atoms with E-state index in [-0.39, 0.29) is 11.1 Å². The Balaban J connectivity index is 2.27. The minimum atomic E-state index is -5.00. The third-order valence-corrected chi connectivity index (χ3v) is 2.26. The topological polar surface area (TPSA) is 64.3 Å². The molecule has 0 aliphatic heterocycles. The number of carbonyl (C=O) groups is 2. The number of ketones is 2. The number of alkyl halides is 3. The van der Waals surface area contributed by atoms with Gasteiger partial charge in [0.15, 0.2) is 5.78 Å². The lowest BCUT2D eigenvalue weighted by molar-refractivity contribution is -0.170. The Morgan fingerprint density at radius 1 is 1.28 bits per heavy atom. The van der Waals surface area contributed by atoms with Crippen LogP contribution in [-0.2, 0) is 4.79 Å². The third kappa shape index (κ3) is 2.22. The second kappa shape index (κ2) is 4.21. The molecule has 0 aliphatic rings. The van der Waals surface area contributed by atoms with E-state index >= 15 is 0 Å². The molecule has 8 heteroatoms. The van der Waals surface area contributed by atoms with Crippen LogP contribution in [0.25, 0.3) is 5.52 Å². The first-order valence-corrected chi connectivity index (χ1v) is 4.80. The molecule has 18 heavy (non-hydrogen) atoms. The predicted octanol–water partition coefficient (Wildman–Crippen LogP) is 1.43. The van der Waals surface area contributed by atoms with E-state index < -0.39 is 24.2 Å². The van der Waals surface area contributed by atoms with E-state index in [0.29, 0.717) is 0 Å². The van der Waals surface area contributed by atoms with Gasteiger partial charge in [-0.1, -0.05) is 0 Å². The summed E-state index contributed by atoms with van der Waals surface area (Å²) in [5.74, 6) is -3.00. The van der Waals surface area contributed by atoms with Crippen LogP contribution < -0.4 is 0 Å². The average Bonchev–Trinajstić information content (AvgIpc) is 2.71. The van der Waals surface area contributed by atoms with E-state index in [1.54, 1.807) is 0 Å². The van der Waals surface area contributed by atoms with Gasteiger partial charge in [-0.3, -0.25) is 14.6 Å². The summed E-state index contributed by atoms with van der Waals surface area (Å²) in [6.45, 7) is 0. The Morgan fingerprint density at radius 3 is 2.67 bits per heavy atom. The maximum atomic E-state index is 12.0. The van der Waals surface area contributed by atoms with Crippen LogP contribution in [0.5, 0.6) is 0 Å². The first-order valence-electron chi connectivity index (χ1n) is 4.80. The van der Waals surface area contributed by atoms with E-state index in [1.165, 1.54) is 23.1 Å². The Bertz CT molecular complexity index is 618. The largest absolute Gasteiger partial charge is 0.450 e. The van der Waals surface area contributed by atoms with E-state index in [2.05, 4.69) is 10.1 Å². The Hall–Kier alpha value is -2.25. The molecule has 2 rings (SSSR count). The molecule has 2 heterocycles. The highest BCUT2D eigenvalue weighted by molar-refractivity contribution is 6.12. The number of fused-ring (bicyclic) bond motifs is 1. The first-order chi connectivity index (χ1) is 8.39. The van der Waals surface area contributed by atoms with Gasteiger partial charge in [0, 0.05) is 12.4 Å². The van der Waals surface area contributed by atoms with E-state index in [0.717, 1.165) is 6.20 Å². The van der Waals surface area contributed by atoms with Crippen molar-refractivity contribution in [2.75, 3.05) is 0 Å². The Morgan fingerprint density at radius 2 is 2.00 bits per heavy atom. The van der Waals surface area contributed by atoms with Crippen LogP contribution >= 0.6 is 0 Å². The summed E-state index contributed by atoms with van der Waals surface area (Å²) >= 11 is 0. The average molecular weight is 257 g/mol. The molecule has 0 saturated heterocycles. The van der Waals surface area contributed by atoms with Crippen LogP contribution in [0.4, 0.5) is 13.2 Å². The maximum Gasteiger partial charge on any atom is 0.450 e. The van der Waals surface area contributed by atoms with Gasteiger partial charge < -0.3 is 0 Å². The summed E-state index contributed by atoms with van der Waals surface area (Å²) in [5.41, 5.74) is 0.207. The van der Waals surface area contributed by atoms with Gasteiger partial charge in [-0.05, 0) is 0 Å². The monoisotopic (exact) mass is 257 g/mol. The molecular weight excluding hydrogens is 251 g/mol. The molecule has 2 aromatic heterocycles. The van der Waals surface area contributed by atoms with Crippen molar-refractivity contribution in [2.24, 2.45) is 0 Å². The van der Waals surface area contributed by atoms with E-state index in [4.69, 9.17) is 0 Å². The number of Topliss-reactive ketones (excluding diaryl/α,β-unsaturated/α-hetero) is 2. The van der Waals surface area contributed by atoms with Crippen molar-refractivity contribution in [2.45, 2.75) is 12.6 Å². The molecule has 0 saturated carbocycles. The molecule has 0 bridgehead atoms. The molecule has 0 aromatic carbocycles. The van der Waals surface area contributed by atoms with Gasteiger partial charge in [-0.15, -0.1) is 0 Å². The van der Waals surface area contributed by atoms with E-state index in [1.807, 2.05) is 0 Å². The van der Waals surface area contributed by atoms with Crippen molar-refractivity contribution in [3.05, 3.63) is 30.4 Å². The fourth-order valence-corrected chi connectivity index (χ4v) is 1.39. The van der Waals surface area contributed by atoms with Gasteiger partial charge in [0.1, 0.15) is 0 Å². The van der Waals surface area contributed by atoms with Crippen LogP contribution in [0.2, 0.25) is 0 Å². The molecule has 0 unspecified atom stereocenters. The number of hydrogen-bond donors (Lipinski definition) is 0. The quantitative estimate of drug-likeness (QED) is 0.616. The lowest BCUT2D eigenvalue weighted by Gasteiger charge is -2.03. The SMILES string of the molecule is O=C(CC(=O)C(F)(F)F)c1cnn2ccncc12. The van der Waals surface area contributed by atoms with Gasteiger partial charge in [-0.2, -0.15) is 18.3 Å². The molecule has 0 radical (unpaired) electrons. The third-order valence-electron chi connectivity index (χ3n) is 2.26. The van der Waals surface area contributed by atoms with Gasteiger partial charge in [0.2, 0.25) is 5.78 Å². The van der Waals surface area contributed by atoms with Crippen molar-refractivity contribution in [1.29, 1.82) is 0 Å². The van der Waals surface area contributed by atoms with E-state index in [9.17, 15) is 22.8 Å². The molecule has 0 N–H and O–H groups in total. The van der Waals surface area contributed by atoms with Gasteiger partial charge in [0.05, 0.1) is 29.9 Å². The molecular formula is C10H6F3N3O2. The molecule has 0 amide bonds. The number of rotatable bonds is 3. The Labute approximate surface area is 98.2 Å². The van der Waals surface area contributed by atoms with Crippen LogP contribution in [0, 0.1) is 0 Å². The molecule has 0 fully saturated rings. The summed E-state index contributed by atoms with van der Waals surface area (Å²) in [5, 5.41) is 3.77. The highest BCUT2D eigenvalue weighted by atomic mass is 19.4. The normalized spacial score (nSPS) is 11.7. The lowest BCUT2D eigenvalue weighted by Crippen LogP contribution is -2.25. The van der Waals surface area contributed by atoms with Crippen molar-refractivity contribution in [1.82, 2.24) is 14.6 Å². The molecule has 94 valence electrons. The zero-order chi connectivity index (χ0) is 13.3. The second-order valence-corrected chi connectivity index (χ2v) is 3.49. The van der Waals surface area contributed by atoms with Crippen molar-refractivity contribution in [3.8, 4) is 0 Å². The van der Waals surface area contributed by atoms with Crippen molar-refractivity contribution in [3.63, 3.8) is 0 Å². The van der Waals surface area contributed by atoms with Crippen LogP contribution in [0.15, 0.2) is 24.8 Å².